The van der Waals surface area contributed by atoms with E-state index >= 15 is 0 Å². The summed E-state index contributed by atoms with van der Waals surface area (Å²) in [4.78, 5) is 12.0. The normalized spacial score (nSPS) is 22.8. The van der Waals surface area contributed by atoms with Gasteiger partial charge < -0.3 is 4.43 Å². The lowest BCUT2D eigenvalue weighted by atomic mass is 9.90. The SMILES string of the molecule is C[Si](C)(C)OC1CCC(=O)/C(=C\c2ccccc2)C1. The van der Waals surface area contributed by atoms with Gasteiger partial charge in [0.25, 0.3) is 0 Å². The van der Waals surface area contributed by atoms with E-state index in [-0.39, 0.29) is 11.9 Å². The molecule has 1 atom stereocenters. The average molecular weight is 274 g/mol. The minimum absolute atomic E-state index is 0.222. The number of benzene rings is 1. The zero-order valence-electron chi connectivity index (χ0n) is 12.0. The summed E-state index contributed by atoms with van der Waals surface area (Å²) in [5.74, 6) is 0.277. The van der Waals surface area contributed by atoms with Gasteiger partial charge in [-0.25, -0.2) is 0 Å². The molecule has 1 saturated carbocycles. The fraction of sp³-hybridized carbons (Fsp3) is 0.438. The summed E-state index contributed by atoms with van der Waals surface area (Å²) in [7, 11) is -1.53. The van der Waals surface area contributed by atoms with Crippen molar-refractivity contribution in [2.24, 2.45) is 0 Å². The standard InChI is InChI=1S/C16H22O2Si/c1-19(2,3)18-15-9-10-16(17)14(12-15)11-13-7-5-4-6-8-13/h4-8,11,15H,9-10,12H2,1-3H3/b14-11-. The summed E-state index contributed by atoms with van der Waals surface area (Å²) < 4.78 is 6.14. The quantitative estimate of drug-likeness (QED) is 0.614. The van der Waals surface area contributed by atoms with E-state index in [9.17, 15) is 4.79 Å². The van der Waals surface area contributed by atoms with Gasteiger partial charge in [0, 0.05) is 18.9 Å². The fourth-order valence-corrected chi connectivity index (χ4v) is 3.61. The molecule has 0 spiro atoms. The summed E-state index contributed by atoms with van der Waals surface area (Å²) in [6, 6.07) is 10.0. The van der Waals surface area contributed by atoms with E-state index in [1.165, 1.54) is 0 Å². The molecule has 2 rings (SSSR count). The minimum atomic E-state index is -1.53. The van der Waals surface area contributed by atoms with Crippen LogP contribution >= 0.6 is 0 Å². The minimum Gasteiger partial charge on any atom is -0.414 e. The molecule has 1 aliphatic carbocycles. The molecule has 102 valence electrons. The number of ketones is 1. The lowest BCUT2D eigenvalue weighted by molar-refractivity contribution is -0.117. The number of rotatable bonds is 3. The molecule has 0 aromatic heterocycles. The molecule has 0 N–H and O–H groups in total. The lowest BCUT2D eigenvalue weighted by Crippen LogP contribution is -2.35. The molecule has 0 heterocycles. The Labute approximate surface area is 116 Å². The van der Waals surface area contributed by atoms with Crippen molar-refractivity contribution >= 4 is 20.2 Å². The highest BCUT2D eigenvalue weighted by atomic mass is 28.4. The lowest BCUT2D eigenvalue weighted by Gasteiger charge is -2.30. The van der Waals surface area contributed by atoms with Gasteiger partial charge in [0.15, 0.2) is 14.1 Å². The predicted molar refractivity (Wildman–Crippen MR) is 81.5 cm³/mol. The number of carbonyl (C=O) groups excluding carboxylic acids is 1. The van der Waals surface area contributed by atoms with Crippen molar-refractivity contribution in [3.63, 3.8) is 0 Å². The monoisotopic (exact) mass is 274 g/mol. The molecule has 19 heavy (non-hydrogen) atoms. The van der Waals surface area contributed by atoms with Crippen molar-refractivity contribution < 1.29 is 9.22 Å². The van der Waals surface area contributed by atoms with Gasteiger partial charge in [-0.15, -0.1) is 0 Å². The molecule has 0 amide bonds. The number of hydrogen-bond acceptors (Lipinski definition) is 2. The summed E-state index contributed by atoms with van der Waals surface area (Å²) in [6.45, 7) is 6.60. The second kappa shape index (κ2) is 5.84. The van der Waals surface area contributed by atoms with Crippen LogP contribution in [-0.4, -0.2) is 20.2 Å². The molecule has 0 radical (unpaired) electrons. The summed E-state index contributed by atoms with van der Waals surface area (Å²) in [6.07, 6.45) is 4.49. The Morgan fingerprint density at radius 1 is 1.21 bits per heavy atom. The maximum Gasteiger partial charge on any atom is 0.184 e. The van der Waals surface area contributed by atoms with Crippen LogP contribution in [-0.2, 0) is 9.22 Å². The Kier molecular flexibility index (Phi) is 4.37. The molecule has 2 nitrogen and oxygen atoms in total. The molecular formula is C16H22O2Si. The molecule has 1 aromatic carbocycles. The highest BCUT2D eigenvalue weighted by Crippen LogP contribution is 2.27. The first-order valence-corrected chi connectivity index (χ1v) is 10.3. The van der Waals surface area contributed by atoms with Crippen LogP contribution in [0.4, 0.5) is 0 Å². The summed E-state index contributed by atoms with van der Waals surface area (Å²) in [5.41, 5.74) is 2.01. The number of Topliss-reactive ketones (excluding diaryl/α,β-unsaturated/α-hetero) is 1. The van der Waals surface area contributed by atoms with Crippen LogP contribution in [0.5, 0.6) is 0 Å². The van der Waals surface area contributed by atoms with Gasteiger partial charge in [0.1, 0.15) is 0 Å². The van der Waals surface area contributed by atoms with E-state index in [0.29, 0.717) is 6.42 Å². The van der Waals surface area contributed by atoms with E-state index < -0.39 is 8.32 Å². The maximum atomic E-state index is 12.0. The maximum absolute atomic E-state index is 12.0. The van der Waals surface area contributed by atoms with Crippen molar-refractivity contribution in [1.29, 1.82) is 0 Å². The smallest absolute Gasteiger partial charge is 0.184 e. The third-order valence-corrected chi connectivity index (χ3v) is 4.20. The zero-order chi connectivity index (χ0) is 13.9. The van der Waals surface area contributed by atoms with Crippen molar-refractivity contribution in [2.45, 2.75) is 45.0 Å². The van der Waals surface area contributed by atoms with Crippen LogP contribution in [0.3, 0.4) is 0 Å². The highest BCUT2D eigenvalue weighted by molar-refractivity contribution is 6.69. The van der Waals surface area contributed by atoms with Crippen LogP contribution in [0, 0.1) is 0 Å². The first-order chi connectivity index (χ1) is 8.94. The van der Waals surface area contributed by atoms with Crippen LogP contribution in [0.1, 0.15) is 24.8 Å². The second-order valence-electron chi connectivity index (χ2n) is 6.10. The summed E-state index contributed by atoms with van der Waals surface area (Å²) >= 11 is 0. The zero-order valence-corrected chi connectivity index (χ0v) is 13.0. The Hall–Kier alpha value is -1.19. The predicted octanol–water partition coefficient (Wildman–Crippen LogP) is 4.04. The molecule has 0 saturated heterocycles. The van der Waals surface area contributed by atoms with E-state index in [1.54, 1.807) is 0 Å². The molecular weight excluding hydrogens is 252 g/mol. The van der Waals surface area contributed by atoms with E-state index in [2.05, 4.69) is 19.6 Å². The van der Waals surface area contributed by atoms with Crippen LogP contribution < -0.4 is 0 Å². The third kappa shape index (κ3) is 4.44. The van der Waals surface area contributed by atoms with E-state index in [1.807, 2.05) is 36.4 Å². The first kappa shape index (κ1) is 14.2. The molecule has 1 aliphatic rings. The molecule has 3 heteroatoms. The average Bonchev–Trinajstić information content (AvgIpc) is 2.33. The molecule has 1 fully saturated rings. The van der Waals surface area contributed by atoms with Crippen LogP contribution in [0.15, 0.2) is 35.9 Å². The van der Waals surface area contributed by atoms with E-state index in [4.69, 9.17) is 4.43 Å². The largest absolute Gasteiger partial charge is 0.414 e. The van der Waals surface area contributed by atoms with Gasteiger partial charge in [-0.3, -0.25) is 4.79 Å². The van der Waals surface area contributed by atoms with Gasteiger partial charge in [-0.1, -0.05) is 30.3 Å². The molecule has 0 aliphatic heterocycles. The Morgan fingerprint density at radius 3 is 2.53 bits per heavy atom. The Morgan fingerprint density at radius 2 is 1.89 bits per heavy atom. The van der Waals surface area contributed by atoms with Crippen molar-refractivity contribution in [1.82, 2.24) is 0 Å². The topological polar surface area (TPSA) is 26.3 Å². The summed E-state index contributed by atoms with van der Waals surface area (Å²) in [5, 5.41) is 0. The highest BCUT2D eigenvalue weighted by Gasteiger charge is 2.28. The van der Waals surface area contributed by atoms with Crippen molar-refractivity contribution in [2.75, 3.05) is 0 Å². The van der Waals surface area contributed by atoms with Gasteiger partial charge in [-0.2, -0.15) is 0 Å². The van der Waals surface area contributed by atoms with Crippen LogP contribution in [0.2, 0.25) is 19.6 Å². The Balaban J connectivity index is 2.11. The molecule has 1 aromatic rings. The number of hydrogen-bond donors (Lipinski definition) is 0. The third-order valence-electron chi connectivity index (χ3n) is 3.16. The first-order valence-electron chi connectivity index (χ1n) is 6.91. The van der Waals surface area contributed by atoms with Crippen molar-refractivity contribution in [3.8, 4) is 0 Å². The van der Waals surface area contributed by atoms with Gasteiger partial charge in [-0.05, 0) is 43.3 Å². The van der Waals surface area contributed by atoms with Gasteiger partial charge in [0.05, 0.1) is 0 Å². The van der Waals surface area contributed by atoms with Crippen molar-refractivity contribution in [3.05, 3.63) is 41.5 Å². The molecule has 1 unspecified atom stereocenters. The molecule has 0 bridgehead atoms. The van der Waals surface area contributed by atoms with Crippen LogP contribution in [0.25, 0.3) is 6.08 Å². The van der Waals surface area contributed by atoms with Gasteiger partial charge in [0.2, 0.25) is 0 Å². The second-order valence-corrected chi connectivity index (χ2v) is 10.6. The fourth-order valence-electron chi connectivity index (χ4n) is 2.40. The number of carbonyl (C=O) groups is 1. The van der Waals surface area contributed by atoms with E-state index in [0.717, 1.165) is 24.0 Å². The van der Waals surface area contributed by atoms with Gasteiger partial charge >= 0.3 is 0 Å². The Bertz CT molecular complexity index is 471.